The molecule has 1 aromatic heterocycles. The minimum Gasteiger partial charge on any atom is -0.468 e. The van der Waals surface area contributed by atoms with E-state index in [1.807, 2.05) is 36.4 Å². The van der Waals surface area contributed by atoms with Gasteiger partial charge in [-0.25, -0.2) is 4.98 Å². The molecule has 244 valence electrons. The predicted molar refractivity (Wildman–Crippen MR) is 175 cm³/mol. The molecule has 0 aliphatic carbocycles. The predicted octanol–water partition coefficient (Wildman–Crippen LogP) is 6.91. The van der Waals surface area contributed by atoms with E-state index in [1.54, 1.807) is 60.5 Å². The van der Waals surface area contributed by atoms with Crippen LogP contribution in [-0.2, 0) is 22.3 Å². The topological polar surface area (TPSA) is 101 Å². The van der Waals surface area contributed by atoms with Gasteiger partial charge in [-0.2, -0.15) is 13.2 Å². The normalized spacial score (nSPS) is 11.7. The average molecular weight is 653 g/mol. The van der Waals surface area contributed by atoms with Crippen molar-refractivity contribution >= 4 is 23.4 Å². The van der Waals surface area contributed by atoms with Crippen LogP contribution in [0, 0.1) is 0 Å². The second-order valence-electron chi connectivity index (χ2n) is 10.8. The minimum absolute atomic E-state index is 0.108. The lowest BCUT2D eigenvalue weighted by Crippen LogP contribution is -2.42. The van der Waals surface area contributed by atoms with Crippen molar-refractivity contribution in [1.82, 2.24) is 15.2 Å². The van der Waals surface area contributed by atoms with Gasteiger partial charge < -0.3 is 20.3 Å². The number of nitrogens with one attached hydrogen (secondary N) is 2. The molecule has 8 nitrogen and oxygen atoms in total. The molecule has 1 heterocycles. The molecule has 0 radical (unpaired) electrons. The fourth-order valence-electron chi connectivity index (χ4n) is 4.94. The van der Waals surface area contributed by atoms with Gasteiger partial charge in [0.15, 0.2) is 6.61 Å². The summed E-state index contributed by atoms with van der Waals surface area (Å²) in [5.74, 6) is -1.22. The summed E-state index contributed by atoms with van der Waals surface area (Å²) < 4.78 is 44.6. The molecular weight excluding hydrogens is 621 g/mol. The lowest BCUT2D eigenvalue weighted by molar-refractivity contribution is -0.137. The zero-order valence-corrected chi connectivity index (χ0v) is 25.8. The minimum atomic E-state index is -4.47. The Labute approximate surface area is 275 Å². The zero-order valence-electron chi connectivity index (χ0n) is 25.8. The van der Waals surface area contributed by atoms with Gasteiger partial charge in [-0.1, -0.05) is 91.0 Å². The highest BCUT2D eigenvalue weighted by Gasteiger charge is 2.30. The number of pyridine rings is 1. The van der Waals surface area contributed by atoms with Gasteiger partial charge in [0.1, 0.15) is 6.04 Å². The number of aromatic nitrogens is 1. The zero-order chi connectivity index (χ0) is 34.1. The first kappa shape index (κ1) is 33.4. The molecule has 11 heteroatoms. The van der Waals surface area contributed by atoms with Crippen molar-refractivity contribution in [3.63, 3.8) is 0 Å². The third-order valence-corrected chi connectivity index (χ3v) is 7.36. The molecule has 0 aliphatic rings. The molecule has 0 unspecified atom stereocenters. The number of hydrogen-bond acceptors (Lipinski definition) is 5. The first-order valence-electron chi connectivity index (χ1n) is 14.9. The maximum absolute atomic E-state index is 13.4. The highest BCUT2D eigenvalue weighted by atomic mass is 19.4. The summed E-state index contributed by atoms with van der Waals surface area (Å²) in [4.78, 5) is 45.2. The first-order valence-corrected chi connectivity index (χ1v) is 14.9. The summed E-state index contributed by atoms with van der Waals surface area (Å²) in [6.07, 6.45) is -3.12. The Morgan fingerprint density at radius 1 is 0.812 bits per heavy atom. The van der Waals surface area contributed by atoms with E-state index >= 15 is 0 Å². The van der Waals surface area contributed by atoms with E-state index in [-0.39, 0.29) is 17.4 Å². The number of anilines is 1. The number of benzene rings is 4. The van der Waals surface area contributed by atoms with Crippen molar-refractivity contribution in [2.75, 3.05) is 19.0 Å². The average Bonchev–Trinajstić information content (AvgIpc) is 3.10. The summed E-state index contributed by atoms with van der Waals surface area (Å²) in [5.41, 5.74) is 2.28. The summed E-state index contributed by atoms with van der Waals surface area (Å²) >= 11 is 0. The van der Waals surface area contributed by atoms with E-state index in [4.69, 9.17) is 4.74 Å². The van der Waals surface area contributed by atoms with E-state index in [9.17, 15) is 27.6 Å². The molecule has 0 spiro atoms. The van der Waals surface area contributed by atoms with Crippen LogP contribution in [0.25, 0.3) is 11.1 Å². The second-order valence-corrected chi connectivity index (χ2v) is 10.8. The van der Waals surface area contributed by atoms with Crippen molar-refractivity contribution < 1.29 is 32.3 Å². The Morgan fingerprint density at radius 3 is 2.10 bits per heavy atom. The number of ether oxygens (including phenoxy) is 1. The van der Waals surface area contributed by atoms with Gasteiger partial charge in [0.25, 0.3) is 11.8 Å². The number of nitrogens with zero attached hydrogens (tertiary/aromatic N) is 2. The number of hydrogen-bond donors (Lipinski definition) is 2. The Kier molecular flexibility index (Phi) is 10.5. The molecule has 4 aromatic carbocycles. The summed E-state index contributed by atoms with van der Waals surface area (Å²) in [7, 11) is 1.67. The number of amides is 3. The van der Waals surface area contributed by atoms with Gasteiger partial charge in [-0.05, 0) is 46.5 Å². The number of halogens is 3. The molecule has 0 bridgehead atoms. The molecule has 0 saturated carbocycles. The number of likely N-dealkylation sites (N-methyl/N-ethyl adjacent to an activating group) is 1. The molecule has 3 amide bonds. The standard InChI is InChI=1S/C37H31F3N4O4/c1-44(23-25-10-4-2-5-11-25)36(47)34(27-12-6-3-7-13-27)43-32(45)24-48-33-21-20-29(22-41-33)42-35(46)31-15-9-8-14-30(31)26-16-18-28(19-17-26)37(38,39)40/h2-22,34H,23-24H2,1H3,(H,42,46)(H,43,45)/t34-/m0/s1. The van der Waals surface area contributed by atoms with Crippen molar-refractivity contribution in [2.24, 2.45) is 0 Å². The number of carbonyl (C=O) groups is 3. The van der Waals surface area contributed by atoms with Gasteiger partial charge in [0.05, 0.1) is 17.4 Å². The van der Waals surface area contributed by atoms with Crippen LogP contribution in [0.15, 0.2) is 128 Å². The van der Waals surface area contributed by atoms with Crippen LogP contribution < -0.4 is 15.4 Å². The second kappa shape index (κ2) is 15.1. The quantitative estimate of drug-likeness (QED) is 0.162. The molecule has 2 N–H and O–H groups in total. The number of rotatable bonds is 11. The maximum Gasteiger partial charge on any atom is 0.416 e. The summed E-state index contributed by atoms with van der Waals surface area (Å²) in [6.45, 7) is -0.0545. The molecule has 5 aromatic rings. The van der Waals surface area contributed by atoms with E-state index in [2.05, 4.69) is 15.6 Å². The van der Waals surface area contributed by atoms with Crippen LogP contribution in [-0.4, -0.2) is 41.3 Å². The van der Waals surface area contributed by atoms with Gasteiger partial charge in [-0.3, -0.25) is 14.4 Å². The summed E-state index contributed by atoms with van der Waals surface area (Å²) in [6, 6.07) is 31.6. The highest BCUT2D eigenvalue weighted by Crippen LogP contribution is 2.32. The monoisotopic (exact) mass is 652 g/mol. The molecule has 0 saturated heterocycles. The van der Waals surface area contributed by atoms with Crippen LogP contribution in [0.1, 0.15) is 33.1 Å². The fraction of sp³-hybridized carbons (Fsp3) is 0.135. The van der Waals surface area contributed by atoms with E-state index in [0.29, 0.717) is 28.9 Å². The molecule has 5 rings (SSSR count). The molecular formula is C37H31F3N4O4. The third kappa shape index (κ3) is 8.64. The van der Waals surface area contributed by atoms with Crippen LogP contribution in [0.3, 0.4) is 0 Å². The fourth-order valence-corrected chi connectivity index (χ4v) is 4.94. The van der Waals surface area contributed by atoms with Gasteiger partial charge in [-0.15, -0.1) is 0 Å². The molecule has 0 aliphatic heterocycles. The highest BCUT2D eigenvalue weighted by molar-refractivity contribution is 6.08. The summed E-state index contributed by atoms with van der Waals surface area (Å²) in [5, 5.41) is 5.48. The van der Waals surface area contributed by atoms with Crippen LogP contribution in [0.5, 0.6) is 5.88 Å². The maximum atomic E-state index is 13.4. The Hall–Kier alpha value is -5.97. The van der Waals surface area contributed by atoms with Crippen LogP contribution in [0.2, 0.25) is 0 Å². The van der Waals surface area contributed by atoms with Crippen LogP contribution >= 0.6 is 0 Å². The van der Waals surface area contributed by atoms with Crippen molar-refractivity contribution in [1.29, 1.82) is 0 Å². The van der Waals surface area contributed by atoms with Gasteiger partial charge in [0.2, 0.25) is 11.8 Å². The van der Waals surface area contributed by atoms with Crippen molar-refractivity contribution in [3.05, 3.63) is 150 Å². The van der Waals surface area contributed by atoms with E-state index < -0.39 is 36.2 Å². The third-order valence-electron chi connectivity index (χ3n) is 7.36. The Morgan fingerprint density at radius 2 is 1.46 bits per heavy atom. The molecule has 1 atom stereocenters. The molecule has 48 heavy (non-hydrogen) atoms. The van der Waals surface area contributed by atoms with Gasteiger partial charge in [0, 0.05) is 25.2 Å². The van der Waals surface area contributed by atoms with Crippen molar-refractivity contribution in [3.8, 4) is 17.0 Å². The van der Waals surface area contributed by atoms with Crippen molar-refractivity contribution in [2.45, 2.75) is 18.8 Å². The SMILES string of the molecule is CN(Cc1ccccc1)C(=O)[C@@H](NC(=O)COc1ccc(NC(=O)c2ccccc2-c2ccc(C(F)(F)F)cc2)cn1)c1ccccc1. The number of carbonyl (C=O) groups excluding carboxylic acids is 3. The van der Waals surface area contributed by atoms with Gasteiger partial charge >= 0.3 is 6.18 Å². The van der Waals surface area contributed by atoms with E-state index in [1.165, 1.54) is 30.5 Å². The van der Waals surface area contributed by atoms with E-state index in [0.717, 1.165) is 17.7 Å². The largest absolute Gasteiger partial charge is 0.468 e. The first-order chi connectivity index (χ1) is 23.1. The Balaban J connectivity index is 1.19. The lowest BCUT2D eigenvalue weighted by Gasteiger charge is -2.25. The van der Waals surface area contributed by atoms with Crippen LogP contribution in [0.4, 0.5) is 18.9 Å². The number of alkyl halides is 3. The Bertz CT molecular complexity index is 1850. The molecule has 0 fully saturated rings. The smallest absolute Gasteiger partial charge is 0.416 e. The lowest BCUT2D eigenvalue weighted by atomic mass is 9.98.